The second-order valence-corrected chi connectivity index (χ2v) is 8.15. The molecule has 0 amide bonds. The van der Waals surface area contributed by atoms with E-state index in [4.69, 9.17) is 4.74 Å². The van der Waals surface area contributed by atoms with Gasteiger partial charge in [0.15, 0.2) is 0 Å². The van der Waals surface area contributed by atoms with Crippen molar-refractivity contribution in [2.24, 2.45) is 5.92 Å². The Kier molecular flexibility index (Phi) is 5.98. The summed E-state index contributed by atoms with van der Waals surface area (Å²) >= 11 is 1.35. The van der Waals surface area contributed by atoms with Gasteiger partial charge in [0, 0.05) is 24.6 Å². The molecule has 1 fully saturated rings. The molecule has 1 aromatic heterocycles. The average Bonchev–Trinajstić information content (AvgIpc) is 3.07. The number of nitrogens with one attached hydrogen (secondary N) is 2. The van der Waals surface area contributed by atoms with Gasteiger partial charge >= 0.3 is 0 Å². The molecule has 0 spiro atoms. The molecule has 5 nitrogen and oxygen atoms in total. The molecule has 1 saturated heterocycles. The van der Waals surface area contributed by atoms with Gasteiger partial charge in [-0.1, -0.05) is 0 Å². The van der Waals surface area contributed by atoms with Crippen molar-refractivity contribution in [3.05, 3.63) is 17.0 Å². The molecule has 0 saturated carbocycles. The summed E-state index contributed by atoms with van der Waals surface area (Å²) in [6, 6.07) is 3.58. The molecule has 2 N–H and O–H groups in total. The zero-order valence-corrected chi connectivity index (χ0v) is 13.4. The molecule has 0 radical (unpaired) electrons. The first kappa shape index (κ1) is 15.9. The van der Waals surface area contributed by atoms with Crippen LogP contribution in [-0.2, 0) is 21.2 Å². The van der Waals surface area contributed by atoms with Gasteiger partial charge < -0.3 is 10.1 Å². The van der Waals surface area contributed by atoms with Crippen molar-refractivity contribution in [3.8, 4) is 0 Å². The second-order valence-electron chi connectivity index (χ2n) is 4.99. The zero-order chi connectivity index (χ0) is 14.4. The molecule has 114 valence electrons. The number of likely N-dealkylation sites (N-methyl/N-ethyl adjacent to an activating group) is 1. The van der Waals surface area contributed by atoms with Crippen molar-refractivity contribution >= 4 is 21.4 Å². The van der Waals surface area contributed by atoms with E-state index in [0.717, 1.165) is 43.9 Å². The van der Waals surface area contributed by atoms with E-state index in [1.54, 1.807) is 6.07 Å². The number of ether oxygens (including phenoxy) is 1. The fourth-order valence-electron chi connectivity index (χ4n) is 2.16. The fraction of sp³-hybridized carbons (Fsp3) is 0.692. The summed E-state index contributed by atoms with van der Waals surface area (Å²) in [5.74, 6) is 0.493. The summed E-state index contributed by atoms with van der Waals surface area (Å²) in [7, 11) is -1.46. The highest BCUT2D eigenvalue weighted by Crippen LogP contribution is 2.22. The van der Waals surface area contributed by atoms with Crippen LogP contribution in [0.1, 0.15) is 17.7 Å². The summed E-state index contributed by atoms with van der Waals surface area (Å²) < 4.78 is 32.7. The smallest absolute Gasteiger partial charge is 0.250 e. The molecule has 0 aromatic carbocycles. The third-order valence-electron chi connectivity index (χ3n) is 3.39. The van der Waals surface area contributed by atoms with Crippen molar-refractivity contribution in [3.63, 3.8) is 0 Å². The van der Waals surface area contributed by atoms with Gasteiger partial charge in [-0.05, 0) is 50.9 Å². The summed E-state index contributed by atoms with van der Waals surface area (Å²) in [5, 5.41) is 3.06. The Hall–Kier alpha value is -0.470. The van der Waals surface area contributed by atoms with Crippen LogP contribution in [0.5, 0.6) is 0 Å². The number of sulfonamides is 1. The average molecular weight is 318 g/mol. The highest BCUT2D eigenvalue weighted by atomic mass is 32.2. The standard InChI is InChI=1S/C13H22N2O3S2/c1-14-7-5-12-2-3-13(19-12)20(16,17)15-8-4-11-6-9-18-10-11/h2-3,11,14-15H,4-10H2,1H3. The lowest BCUT2D eigenvalue weighted by Gasteiger charge is -2.08. The minimum Gasteiger partial charge on any atom is -0.381 e. The Morgan fingerprint density at radius 3 is 2.95 bits per heavy atom. The summed E-state index contributed by atoms with van der Waals surface area (Å²) in [5.41, 5.74) is 0. The van der Waals surface area contributed by atoms with Crippen molar-refractivity contribution in [2.75, 3.05) is 33.4 Å². The number of thiophene rings is 1. The first-order valence-corrected chi connectivity index (χ1v) is 9.22. The third kappa shape index (κ3) is 4.53. The molecule has 7 heteroatoms. The predicted molar refractivity (Wildman–Crippen MR) is 80.7 cm³/mol. The van der Waals surface area contributed by atoms with Crippen molar-refractivity contribution in [1.82, 2.24) is 10.0 Å². The van der Waals surface area contributed by atoms with Gasteiger partial charge in [0.05, 0.1) is 0 Å². The van der Waals surface area contributed by atoms with E-state index < -0.39 is 10.0 Å². The molecular weight excluding hydrogens is 296 g/mol. The maximum absolute atomic E-state index is 12.1. The van der Waals surface area contributed by atoms with Gasteiger partial charge in [0.1, 0.15) is 4.21 Å². The number of rotatable bonds is 8. The van der Waals surface area contributed by atoms with E-state index in [0.29, 0.717) is 16.7 Å². The van der Waals surface area contributed by atoms with E-state index in [1.807, 2.05) is 13.1 Å². The topological polar surface area (TPSA) is 67.4 Å². The van der Waals surface area contributed by atoms with E-state index in [-0.39, 0.29) is 0 Å². The Bertz CT molecular complexity index is 507. The van der Waals surface area contributed by atoms with E-state index in [1.165, 1.54) is 11.3 Å². The van der Waals surface area contributed by atoms with Crippen LogP contribution in [0.3, 0.4) is 0 Å². The normalized spacial score (nSPS) is 19.6. The molecule has 1 aliphatic rings. The first-order valence-electron chi connectivity index (χ1n) is 6.92. The Morgan fingerprint density at radius 2 is 2.25 bits per heavy atom. The summed E-state index contributed by atoms with van der Waals surface area (Å²) in [4.78, 5) is 1.09. The number of hydrogen-bond donors (Lipinski definition) is 2. The predicted octanol–water partition coefficient (Wildman–Crippen LogP) is 1.21. The first-order chi connectivity index (χ1) is 9.62. The minimum atomic E-state index is -3.35. The van der Waals surface area contributed by atoms with E-state index >= 15 is 0 Å². The molecule has 0 bridgehead atoms. The molecule has 1 unspecified atom stereocenters. The molecule has 2 heterocycles. The van der Waals surface area contributed by atoms with Gasteiger partial charge in [0.25, 0.3) is 0 Å². The van der Waals surface area contributed by atoms with Crippen molar-refractivity contribution in [1.29, 1.82) is 0 Å². The molecule has 0 aliphatic carbocycles. The van der Waals surface area contributed by atoms with Crippen LogP contribution in [-0.4, -0.2) is 41.8 Å². The highest BCUT2D eigenvalue weighted by molar-refractivity contribution is 7.91. The van der Waals surface area contributed by atoms with Crippen LogP contribution in [0.2, 0.25) is 0 Å². The third-order valence-corrected chi connectivity index (χ3v) is 6.49. The Morgan fingerprint density at radius 1 is 1.40 bits per heavy atom. The van der Waals surface area contributed by atoms with Gasteiger partial charge in [-0.3, -0.25) is 0 Å². The quantitative estimate of drug-likeness (QED) is 0.756. The van der Waals surface area contributed by atoms with Gasteiger partial charge in [-0.2, -0.15) is 0 Å². The lowest BCUT2D eigenvalue weighted by Crippen LogP contribution is -2.25. The molecular formula is C13H22N2O3S2. The van der Waals surface area contributed by atoms with Crippen molar-refractivity contribution in [2.45, 2.75) is 23.5 Å². The van der Waals surface area contributed by atoms with Gasteiger partial charge in [-0.15, -0.1) is 11.3 Å². The van der Waals surface area contributed by atoms with Crippen LogP contribution in [0, 0.1) is 5.92 Å². The molecule has 1 atom stereocenters. The van der Waals surface area contributed by atoms with Gasteiger partial charge in [-0.25, -0.2) is 13.1 Å². The Balaban J connectivity index is 1.83. The van der Waals surface area contributed by atoms with Gasteiger partial charge in [0.2, 0.25) is 10.0 Å². The van der Waals surface area contributed by atoms with Crippen LogP contribution < -0.4 is 10.0 Å². The molecule has 1 aliphatic heterocycles. The monoisotopic (exact) mass is 318 g/mol. The van der Waals surface area contributed by atoms with E-state index in [9.17, 15) is 8.42 Å². The zero-order valence-electron chi connectivity index (χ0n) is 11.7. The second kappa shape index (κ2) is 7.51. The maximum atomic E-state index is 12.1. The van der Waals surface area contributed by atoms with E-state index in [2.05, 4.69) is 10.0 Å². The molecule has 20 heavy (non-hydrogen) atoms. The van der Waals surface area contributed by atoms with Crippen LogP contribution in [0.4, 0.5) is 0 Å². The lowest BCUT2D eigenvalue weighted by atomic mass is 10.1. The molecule has 1 aromatic rings. The fourth-order valence-corrected chi connectivity index (χ4v) is 4.61. The number of hydrogen-bond acceptors (Lipinski definition) is 5. The van der Waals surface area contributed by atoms with Crippen LogP contribution in [0.15, 0.2) is 16.3 Å². The Labute approximate surface area is 124 Å². The van der Waals surface area contributed by atoms with Crippen LogP contribution >= 0.6 is 11.3 Å². The summed E-state index contributed by atoms with van der Waals surface area (Å²) in [6.07, 6.45) is 2.74. The SMILES string of the molecule is CNCCc1ccc(S(=O)(=O)NCCC2CCOC2)s1. The summed E-state index contributed by atoms with van der Waals surface area (Å²) in [6.45, 7) is 2.90. The minimum absolute atomic E-state index is 0.409. The lowest BCUT2D eigenvalue weighted by molar-refractivity contribution is 0.184. The molecule has 2 rings (SSSR count). The maximum Gasteiger partial charge on any atom is 0.250 e. The highest BCUT2D eigenvalue weighted by Gasteiger charge is 2.19. The van der Waals surface area contributed by atoms with Crippen LogP contribution in [0.25, 0.3) is 0 Å². The van der Waals surface area contributed by atoms with Crippen molar-refractivity contribution < 1.29 is 13.2 Å². The largest absolute Gasteiger partial charge is 0.381 e.